The summed E-state index contributed by atoms with van der Waals surface area (Å²) in [5.74, 6) is 1.04. The van der Waals surface area contributed by atoms with Gasteiger partial charge in [-0.3, -0.25) is 9.59 Å². The number of hydrogen-bond donors (Lipinski definition) is 0. The van der Waals surface area contributed by atoms with Crippen LogP contribution < -0.4 is 14.3 Å². The number of rotatable bonds is 5. The van der Waals surface area contributed by atoms with E-state index in [-0.39, 0.29) is 31.0 Å². The van der Waals surface area contributed by atoms with Gasteiger partial charge in [0, 0.05) is 24.6 Å². The molecule has 0 N–H and O–H groups in total. The molecule has 1 aromatic heterocycles. The Hall–Kier alpha value is -2.35. The molecule has 2 heterocycles. The van der Waals surface area contributed by atoms with Crippen molar-refractivity contribution in [2.24, 2.45) is 10.9 Å². The van der Waals surface area contributed by atoms with E-state index in [0.29, 0.717) is 29.5 Å². The van der Waals surface area contributed by atoms with Gasteiger partial charge in [0.1, 0.15) is 0 Å². The zero-order chi connectivity index (χ0) is 19.5. The molecule has 0 saturated heterocycles. The second-order valence-corrected chi connectivity index (χ2v) is 8.06. The molecule has 4 rings (SSSR count). The molecule has 1 saturated carbocycles. The van der Waals surface area contributed by atoms with Crippen LogP contribution >= 0.6 is 11.3 Å². The fraction of sp³-hybridized carbons (Fsp3) is 0.550. The Balaban J connectivity index is 1.71. The molecule has 0 radical (unpaired) electrons. The number of esters is 1. The minimum Gasteiger partial charge on any atom is -0.466 e. The maximum Gasteiger partial charge on any atom is 0.307 e. The molecule has 0 unspecified atom stereocenters. The number of carbonyl (C=O) groups is 2. The van der Waals surface area contributed by atoms with Crippen LogP contribution in [-0.4, -0.2) is 29.8 Å². The van der Waals surface area contributed by atoms with Gasteiger partial charge in [0.25, 0.3) is 5.91 Å². The Morgan fingerprint density at radius 1 is 1.21 bits per heavy atom. The minimum absolute atomic E-state index is 0.00846. The first-order valence-electron chi connectivity index (χ1n) is 9.83. The summed E-state index contributed by atoms with van der Waals surface area (Å²) >= 11 is 1.44. The lowest BCUT2D eigenvalue weighted by Crippen LogP contribution is -2.23. The van der Waals surface area contributed by atoms with Gasteiger partial charge in [-0.2, -0.15) is 4.99 Å². The molecule has 0 spiro atoms. The first-order chi connectivity index (χ1) is 13.7. The second kappa shape index (κ2) is 8.34. The lowest BCUT2D eigenvalue weighted by Gasteiger charge is -2.17. The third kappa shape index (κ3) is 3.92. The van der Waals surface area contributed by atoms with Crippen LogP contribution in [0.1, 0.15) is 45.4 Å². The summed E-state index contributed by atoms with van der Waals surface area (Å²) in [7, 11) is 0. The molecule has 2 aliphatic rings. The normalized spacial score (nSPS) is 17.2. The van der Waals surface area contributed by atoms with Gasteiger partial charge in [0.15, 0.2) is 16.3 Å². The van der Waals surface area contributed by atoms with Crippen LogP contribution in [0.3, 0.4) is 0 Å². The third-order valence-electron chi connectivity index (χ3n) is 5.18. The lowest BCUT2D eigenvalue weighted by atomic mass is 9.89. The number of carbonyl (C=O) groups excluding carboxylic acids is 2. The van der Waals surface area contributed by atoms with Crippen molar-refractivity contribution in [3.63, 3.8) is 0 Å². The fourth-order valence-electron chi connectivity index (χ4n) is 3.73. The molecule has 1 aliphatic heterocycles. The van der Waals surface area contributed by atoms with Crippen LogP contribution in [0.25, 0.3) is 10.2 Å². The molecule has 1 aliphatic carbocycles. The zero-order valence-corrected chi connectivity index (χ0v) is 16.8. The van der Waals surface area contributed by atoms with E-state index in [9.17, 15) is 9.59 Å². The molecule has 1 fully saturated rings. The molecule has 1 aromatic carbocycles. The highest BCUT2D eigenvalue weighted by molar-refractivity contribution is 7.16. The summed E-state index contributed by atoms with van der Waals surface area (Å²) in [5.41, 5.74) is 0.883. The van der Waals surface area contributed by atoms with Crippen molar-refractivity contribution in [2.45, 2.75) is 52.0 Å². The fourth-order valence-corrected chi connectivity index (χ4v) is 4.80. The lowest BCUT2D eigenvalue weighted by molar-refractivity contribution is -0.143. The number of ether oxygens (including phenoxy) is 3. The topological polar surface area (TPSA) is 79.1 Å². The number of aryl methyl sites for hydroxylation is 1. The quantitative estimate of drug-likeness (QED) is 0.714. The predicted molar refractivity (Wildman–Crippen MR) is 104 cm³/mol. The third-order valence-corrected chi connectivity index (χ3v) is 6.22. The Morgan fingerprint density at radius 3 is 2.71 bits per heavy atom. The van der Waals surface area contributed by atoms with Crippen LogP contribution in [0.2, 0.25) is 0 Å². The van der Waals surface area contributed by atoms with E-state index in [1.165, 1.54) is 17.8 Å². The average molecular weight is 404 g/mol. The molecular formula is C20H24N2O5S. The first-order valence-corrected chi connectivity index (χ1v) is 10.6. The Bertz CT molecular complexity index is 955. The van der Waals surface area contributed by atoms with Crippen LogP contribution in [-0.2, 0) is 20.9 Å². The number of nitrogens with zero attached hydrogens (tertiary/aromatic N) is 2. The summed E-state index contributed by atoms with van der Waals surface area (Å²) in [6.45, 7) is 2.74. The summed E-state index contributed by atoms with van der Waals surface area (Å²) < 4.78 is 18.9. The molecule has 150 valence electrons. The highest BCUT2D eigenvalue weighted by Crippen LogP contribution is 2.37. The van der Waals surface area contributed by atoms with E-state index in [2.05, 4.69) is 4.99 Å². The molecule has 1 amide bonds. The van der Waals surface area contributed by atoms with Crippen molar-refractivity contribution >= 4 is 33.4 Å². The largest absolute Gasteiger partial charge is 0.466 e. The highest BCUT2D eigenvalue weighted by atomic mass is 32.1. The van der Waals surface area contributed by atoms with E-state index in [1.807, 2.05) is 16.7 Å². The average Bonchev–Trinajstić information content (AvgIpc) is 3.28. The number of thiazole rings is 1. The maximum absolute atomic E-state index is 12.7. The van der Waals surface area contributed by atoms with Gasteiger partial charge in [0.05, 0.1) is 23.2 Å². The predicted octanol–water partition coefficient (Wildman–Crippen LogP) is 3.39. The number of aromatic nitrogens is 1. The maximum atomic E-state index is 12.7. The standard InChI is InChI=1S/C20H24N2O5S/c1-2-25-18(23)8-9-22-14-10-15-16(27-12-26-15)11-17(14)28-20(22)21-19(24)13-6-4-3-5-7-13/h10-11,13H,2-9,12H2,1H3. The number of fused-ring (bicyclic) bond motifs is 2. The summed E-state index contributed by atoms with van der Waals surface area (Å²) in [6, 6.07) is 3.80. The highest BCUT2D eigenvalue weighted by Gasteiger charge is 2.22. The summed E-state index contributed by atoms with van der Waals surface area (Å²) in [5, 5.41) is 0. The van der Waals surface area contributed by atoms with Crippen molar-refractivity contribution in [1.29, 1.82) is 0 Å². The van der Waals surface area contributed by atoms with Crippen molar-refractivity contribution < 1.29 is 23.8 Å². The van der Waals surface area contributed by atoms with Gasteiger partial charge in [-0.15, -0.1) is 0 Å². The smallest absolute Gasteiger partial charge is 0.307 e. The van der Waals surface area contributed by atoms with E-state index in [4.69, 9.17) is 14.2 Å². The number of benzene rings is 1. The van der Waals surface area contributed by atoms with Gasteiger partial charge in [-0.25, -0.2) is 0 Å². The Kier molecular flexibility index (Phi) is 5.66. The van der Waals surface area contributed by atoms with Gasteiger partial charge < -0.3 is 18.8 Å². The molecule has 28 heavy (non-hydrogen) atoms. The first kappa shape index (κ1) is 19.0. The molecule has 0 atom stereocenters. The van der Waals surface area contributed by atoms with E-state index >= 15 is 0 Å². The van der Waals surface area contributed by atoms with E-state index in [1.54, 1.807) is 6.92 Å². The van der Waals surface area contributed by atoms with Crippen molar-refractivity contribution in [3.05, 3.63) is 16.9 Å². The molecule has 0 bridgehead atoms. The van der Waals surface area contributed by atoms with Gasteiger partial charge in [-0.05, 0) is 19.8 Å². The minimum atomic E-state index is -0.264. The second-order valence-electron chi connectivity index (χ2n) is 7.05. The van der Waals surface area contributed by atoms with Crippen LogP contribution in [0.5, 0.6) is 11.5 Å². The zero-order valence-electron chi connectivity index (χ0n) is 15.9. The van der Waals surface area contributed by atoms with Crippen molar-refractivity contribution in [1.82, 2.24) is 4.57 Å². The van der Waals surface area contributed by atoms with Gasteiger partial charge in [-0.1, -0.05) is 30.6 Å². The summed E-state index contributed by atoms with van der Waals surface area (Å²) in [4.78, 5) is 29.7. The number of hydrogen-bond acceptors (Lipinski definition) is 6. The molecule has 2 aromatic rings. The van der Waals surface area contributed by atoms with E-state index < -0.39 is 0 Å². The van der Waals surface area contributed by atoms with Crippen LogP contribution in [0.15, 0.2) is 17.1 Å². The Labute approximate surface area is 166 Å². The summed E-state index contributed by atoms with van der Waals surface area (Å²) in [6.07, 6.45) is 5.40. The molecule has 8 heteroatoms. The molecule has 7 nitrogen and oxygen atoms in total. The van der Waals surface area contributed by atoms with E-state index in [0.717, 1.165) is 35.9 Å². The van der Waals surface area contributed by atoms with Gasteiger partial charge in [0.2, 0.25) is 6.79 Å². The molecular weight excluding hydrogens is 380 g/mol. The van der Waals surface area contributed by atoms with Gasteiger partial charge >= 0.3 is 5.97 Å². The van der Waals surface area contributed by atoms with Crippen LogP contribution in [0, 0.1) is 5.92 Å². The number of amides is 1. The SMILES string of the molecule is CCOC(=O)CCn1c(=NC(=O)C2CCCCC2)sc2cc3c(cc21)OCO3. The monoisotopic (exact) mass is 404 g/mol. The Morgan fingerprint density at radius 2 is 1.96 bits per heavy atom. The van der Waals surface area contributed by atoms with Crippen molar-refractivity contribution in [2.75, 3.05) is 13.4 Å². The van der Waals surface area contributed by atoms with Crippen LogP contribution in [0.4, 0.5) is 0 Å². The van der Waals surface area contributed by atoms with Crippen molar-refractivity contribution in [3.8, 4) is 11.5 Å².